The van der Waals surface area contributed by atoms with Gasteiger partial charge in [0.15, 0.2) is 0 Å². The van der Waals surface area contributed by atoms with Crippen LogP contribution in [0.2, 0.25) is 0 Å². The third-order valence-electron chi connectivity index (χ3n) is 4.82. The second kappa shape index (κ2) is 7.14. The van der Waals surface area contributed by atoms with Crippen LogP contribution in [0.4, 0.5) is 0 Å². The summed E-state index contributed by atoms with van der Waals surface area (Å²) in [5.74, 6) is 1.06. The molecule has 132 valence electrons. The number of pyridine rings is 1. The number of carbonyl (C=O) groups excluding carboxylic acids is 1. The predicted molar refractivity (Wildman–Crippen MR) is 95.8 cm³/mol. The zero-order chi connectivity index (χ0) is 17.9. The van der Waals surface area contributed by atoms with Crippen molar-refractivity contribution in [2.45, 2.75) is 24.9 Å². The van der Waals surface area contributed by atoms with E-state index in [1.807, 2.05) is 30.3 Å². The van der Waals surface area contributed by atoms with Gasteiger partial charge in [0.25, 0.3) is 5.91 Å². The molecule has 1 atom stereocenters. The lowest BCUT2D eigenvalue weighted by Crippen LogP contribution is -2.54. The second-order valence-electron chi connectivity index (χ2n) is 6.67. The molecule has 1 unspecified atom stereocenters. The number of ether oxygens (including phenoxy) is 1. The number of nitriles is 1. The molecular weight excluding hydrogens is 328 g/mol. The van der Waals surface area contributed by atoms with E-state index in [2.05, 4.69) is 16.0 Å². The monoisotopic (exact) mass is 348 g/mol. The second-order valence-corrected chi connectivity index (χ2v) is 6.67. The predicted octanol–water partition coefficient (Wildman–Crippen LogP) is 2.69. The van der Waals surface area contributed by atoms with Crippen molar-refractivity contribution in [3.05, 3.63) is 54.2 Å². The number of rotatable bonds is 4. The molecule has 1 saturated carbocycles. The summed E-state index contributed by atoms with van der Waals surface area (Å²) in [6.07, 6.45) is 3.87. The Morgan fingerprint density at radius 2 is 1.96 bits per heavy atom. The highest BCUT2D eigenvalue weighted by molar-refractivity contribution is 5.94. The Bertz CT molecular complexity index is 812. The fraction of sp³-hybridized carbons (Fsp3) is 0.350. The average molecular weight is 348 g/mol. The maximum Gasteiger partial charge on any atom is 0.255 e. The van der Waals surface area contributed by atoms with E-state index in [1.165, 1.54) is 19.0 Å². The third-order valence-corrected chi connectivity index (χ3v) is 4.82. The minimum atomic E-state index is -0.214. The Balaban J connectivity index is 1.41. The minimum Gasteiger partial charge on any atom is -0.439 e. The molecule has 6 nitrogen and oxygen atoms in total. The van der Waals surface area contributed by atoms with Crippen LogP contribution >= 0.6 is 0 Å². The zero-order valence-electron chi connectivity index (χ0n) is 14.4. The lowest BCUT2D eigenvalue weighted by Gasteiger charge is -2.38. The molecule has 1 aromatic carbocycles. The van der Waals surface area contributed by atoms with Gasteiger partial charge in [0.2, 0.25) is 5.88 Å². The maximum absolute atomic E-state index is 12.7. The van der Waals surface area contributed by atoms with E-state index < -0.39 is 0 Å². The van der Waals surface area contributed by atoms with Crippen LogP contribution in [0, 0.1) is 11.3 Å². The van der Waals surface area contributed by atoms with Gasteiger partial charge in [-0.15, -0.1) is 0 Å². The van der Waals surface area contributed by atoms with Crippen LogP contribution in [0.1, 0.15) is 23.2 Å². The molecule has 0 spiro atoms. The Kier molecular flexibility index (Phi) is 4.55. The third kappa shape index (κ3) is 3.53. The molecule has 6 heteroatoms. The van der Waals surface area contributed by atoms with Crippen LogP contribution in [0.5, 0.6) is 11.6 Å². The van der Waals surface area contributed by atoms with Gasteiger partial charge in [-0.2, -0.15) is 5.26 Å². The van der Waals surface area contributed by atoms with E-state index in [1.54, 1.807) is 17.0 Å². The SMILES string of the molecule is N#CC1CN(C(=O)c2ccc(Oc3ccccc3)nc2)CCN1C1CC1. The quantitative estimate of drug-likeness (QED) is 0.850. The summed E-state index contributed by atoms with van der Waals surface area (Å²) in [6, 6.07) is 15.5. The number of benzene rings is 1. The lowest BCUT2D eigenvalue weighted by atomic mass is 10.1. The summed E-state index contributed by atoms with van der Waals surface area (Å²) < 4.78 is 5.65. The highest BCUT2D eigenvalue weighted by Gasteiger charge is 2.38. The van der Waals surface area contributed by atoms with Crippen molar-refractivity contribution in [2.24, 2.45) is 0 Å². The van der Waals surface area contributed by atoms with Crippen molar-refractivity contribution >= 4 is 5.91 Å². The summed E-state index contributed by atoms with van der Waals surface area (Å²) >= 11 is 0. The number of amides is 1. The molecule has 0 bridgehead atoms. The van der Waals surface area contributed by atoms with Crippen LogP contribution < -0.4 is 4.74 Å². The van der Waals surface area contributed by atoms with Crippen molar-refractivity contribution < 1.29 is 9.53 Å². The first kappa shape index (κ1) is 16.6. The van der Waals surface area contributed by atoms with Crippen molar-refractivity contribution in [1.29, 1.82) is 5.26 Å². The van der Waals surface area contributed by atoms with Gasteiger partial charge in [-0.05, 0) is 31.0 Å². The smallest absolute Gasteiger partial charge is 0.255 e. The number of hydrogen-bond acceptors (Lipinski definition) is 5. The minimum absolute atomic E-state index is 0.0838. The number of aromatic nitrogens is 1. The molecule has 1 amide bonds. The topological polar surface area (TPSA) is 69.5 Å². The molecule has 1 aliphatic heterocycles. The molecule has 2 heterocycles. The van der Waals surface area contributed by atoms with Crippen LogP contribution in [-0.2, 0) is 0 Å². The van der Waals surface area contributed by atoms with Crippen molar-refractivity contribution in [3.63, 3.8) is 0 Å². The van der Waals surface area contributed by atoms with Crippen LogP contribution in [0.15, 0.2) is 48.7 Å². The van der Waals surface area contributed by atoms with Gasteiger partial charge >= 0.3 is 0 Å². The summed E-state index contributed by atoms with van der Waals surface area (Å²) in [5, 5.41) is 9.43. The molecule has 2 fully saturated rings. The van der Waals surface area contributed by atoms with Crippen molar-refractivity contribution in [1.82, 2.24) is 14.8 Å². The Labute approximate surface area is 152 Å². The van der Waals surface area contributed by atoms with Crippen LogP contribution in [0.25, 0.3) is 0 Å². The van der Waals surface area contributed by atoms with E-state index >= 15 is 0 Å². The zero-order valence-corrected chi connectivity index (χ0v) is 14.4. The molecule has 26 heavy (non-hydrogen) atoms. The summed E-state index contributed by atoms with van der Waals surface area (Å²) in [6.45, 7) is 1.86. The fourth-order valence-electron chi connectivity index (χ4n) is 3.30. The molecule has 1 aliphatic carbocycles. The summed E-state index contributed by atoms with van der Waals surface area (Å²) in [5.41, 5.74) is 0.516. The first-order valence-electron chi connectivity index (χ1n) is 8.88. The van der Waals surface area contributed by atoms with Gasteiger partial charge in [0.1, 0.15) is 11.8 Å². The highest BCUT2D eigenvalue weighted by atomic mass is 16.5. The van der Waals surface area contributed by atoms with E-state index in [4.69, 9.17) is 4.74 Å². The van der Waals surface area contributed by atoms with Crippen molar-refractivity contribution in [2.75, 3.05) is 19.6 Å². The molecule has 2 aliphatic rings. The summed E-state index contributed by atoms with van der Waals surface area (Å²) in [7, 11) is 0. The Hall–Kier alpha value is -2.91. The van der Waals surface area contributed by atoms with Gasteiger partial charge < -0.3 is 9.64 Å². The Morgan fingerprint density at radius 3 is 2.62 bits per heavy atom. The largest absolute Gasteiger partial charge is 0.439 e. The molecular formula is C20H20N4O2. The molecule has 1 aromatic heterocycles. The number of piperazine rings is 1. The van der Waals surface area contributed by atoms with Crippen LogP contribution in [-0.4, -0.2) is 52.4 Å². The molecule has 0 radical (unpaired) electrons. The first-order chi connectivity index (χ1) is 12.7. The van der Waals surface area contributed by atoms with E-state index in [0.29, 0.717) is 36.3 Å². The molecule has 4 rings (SSSR count). The number of carbonyl (C=O) groups is 1. The first-order valence-corrected chi connectivity index (χ1v) is 8.88. The van der Waals surface area contributed by atoms with Crippen LogP contribution in [0.3, 0.4) is 0 Å². The van der Waals surface area contributed by atoms with Gasteiger partial charge in [0.05, 0.1) is 11.6 Å². The van der Waals surface area contributed by atoms with Gasteiger partial charge in [-0.1, -0.05) is 18.2 Å². The van der Waals surface area contributed by atoms with E-state index in [-0.39, 0.29) is 11.9 Å². The Morgan fingerprint density at radius 1 is 1.15 bits per heavy atom. The maximum atomic E-state index is 12.7. The average Bonchev–Trinajstić information content (AvgIpc) is 3.53. The standard InChI is InChI=1S/C20H20N4O2/c21-12-17-14-23(10-11-24(17)16-7-8-16)20(25)15-6-9-19(22-13-15)26-18-4-2-1-3-5-18/h1-6,9,13,16-17H,7-8,10-11,14H2. The normalized spacial score (nSPS) is 20.4. The van der Waals surface area contributed by atoms with E-state index in [9.17, 15) is 10.1 Å². The number of para-hydroxylation sites is 1. The number of hydrogen-bond donors (Lipinski definition) is 0. The van der Waals surface area contributed by atoms with Gasteiger partial charge in [0, 0.05) is 37.9 Å². The van der Waals surface area contributed by atoms with Gasteiger partial charge in [-0.3, -0.25) is 9.69 Å². The lowest BCUT2D eigenvalue weighted by molar-refractivity contribution is 0.0550. The fourth-order valence-corrected chi connectivity index (χ4v) is 3.30. The molecule has 1 saturated heterocycles. The van der Waals surface area contributed by atoms with Gasteiger partial charge in [-0.25, -0.2) is 4.98 Å². The van der Waals surface area contributed by atoms with E-state index in [0.717, 1.165) is 6.54 Å². The molecule has 0 N–H and O–H groups in total. The molecule has 2 aromatic rings. The number of nitrogens with zero attached hydrogens (tertiary/aromatic N) is 4. The van der Waals surface area contributed by atoms with Crippen molar-refractivity contribution in [3.8, 4) is 17.7 Å². The highest BCUT2D eigenvalue weighted by Crippen LogP contribution is 2.30. The summed E-state index contributed by atoms with van der Waals surface area (Å²) in [4.78, 5) is 21.0.